The third kappa shape index (κ3) is 4.98. The van der Waals surface area contributed by atoms with Gasteiger partial charge in [0.05, 0.1) is 36.6 Å². The molecular formula is C22H22FN7O2. The van der Waals surface area contributed by atoms with Gasteiger partial charge in [-0.1, -0.05) is 17.3 Å². The van der Waals surface area contributed by atoms with Crippen molar-refractivity contribution < 1.29 is 14.0 Å². The number of aromatic nitrogens is 4. The molecule has 2 heterocycles. The Bertz CT molecular complexity index is 1240. The summed E-state index contributed by atoms with van der Waals surface area (Å²) in [5, 5.41) is 12.5. The zero-order valence-electron chi connectivity index (χ0n) is 17.4. The molecule has 32 heavy (non-hydrogen) atoms. The van der Waals surface area contributed by atoms with Crippen molar-refractivity contribution in [2.45, 2.75) is 6.54 Å². The van der Waals surface area contributed by atoms with Crippen molar-refractivity contribution >= 4 is 34.4 Å². The molecule has 4 aromatic rings. The van der Waals surface area contributed by atoms with E-state index in [9.17, 15) is 4.39 Å². The standard InChI is InChI=1S/C22H22FN7O2/c1-31-7-8-32-28-12-19-21(24)25-14-26-22(19)29-18-5-6-20-16(10-18)11-27-30(20)13-15-3-2-4-17(23)9-15/h2-6,9-12,14H,7-8,13H2,1H3,(H3,24,25,26,29). The molecule has 2 aromatic heterocycles. The first-order valence-electron chi connectivity index (χ1n) is 9.86. The number of nitrogen functional groups attached to an aromatic ring is 1. The fraction of sp³-hybridized carbons (Fsp3) is 0.182. The first kappa shape index (κ1) is 21.2. The lowest BCUT2D eigenvalue weighted by Crippen LogP contribution is -2.05. The maximum atomic E-state index is 13.5. The van der Waals surface area contributed by atoms with Crippen molar-refractivity contribution in [3.8, 4) is 0 Å². The normalized spacial score (nSPS) is 11.3. The molecule has 2 aromatic carbocycles. The van der Waals surface area contributed by atoms with Crippen molar-refractivity contribution in [3.63, 3.8) is 0 Å². The highest BCUT2D eigenvalue weighted by Gasteiger charge is 2.10. The number of ether oxygens (including phenoxy) is 1. The molecule has 0 radical (unpaired) electrons. The van der Waals surface area contributed by atoms with E-state index in [1.54, 1.807) is 19.4 Å². The lowest BCUT2D eigenvalue weighted by molar-refractivity contribution is 0.0760. The predicted molar refractivity (Wildman–Crippen MR) is 120 cm³/mol. The summed E-state index contributed by atoms with van der Waals surface area (Å²) >= 11 is 0. The van der Waals surface area contributed by atoms with Crippen LogP contribution < -0.4 is 11.1 Å². The minimum absolute atomic E-state index is 0.266. The molecule has 0 bridgehead atoms. The van der Waals surface area contributed by atoms with Gasteiger partial charge in [-0.2, -0.15) is 5.10 Å². The summed E-state index contributed by atoms with van der Waals surface area (Å²) < 4.78 is 20.2. The molecule has 0 unspecified atom stereocenters. The van der Waals surface area contributed by atoms with Crippen LogP contribution in [-0.2, 0) is 16.1 Å². The van der Waals surface area contributed by atoms with E-state index in [-0.39, 0.29) is 11.6 Å². The van der Waals surface area contributed by atoms with Crippen molar-refractivity contribution in [1.82, 2.24) is 19.7 Å². The number of methoxy groups -OCH3 is 1. The number of fused-ring (bicyclic) bond motifs is 1. The molecule has 4 rings (SSSR count). The molecule has 0 aliphatic rings. The highest BCUT2D eigenvalue weighted by atomic mass is 19.1. The number of nitrogens with one attached hydrogen (secondary N) is 1. The molecule has 0 saturated carbocycles. The van der Waals surface area contributed by atoms with Gasteiger partial charge in [0, 0.05) is 18.2 Å². The van der Waals surface area contributed by atoms with E-state index in [1.165, 1.54) is 24.7 Å². The average Bonchev–Trinajstić information content (AvgIpc) is 3.17. The van der Waals surface area contributed by atoms with E-state index < -0.39 is 0 Å². The Hall–Kier alpha value is -4.05. The third-order valence-corrected chi connectivity index (χ3v) is 4.68. The summed E-state index contributed by atoms with van der Waals surface area (Å²) in [7, 11) is 1.58. The van der Waals surface area contributed by atoms with Crippen LogP contribution in [0.4, 0.5) is 21.7 Å². The number of nitrogens with zero attached hydrogens (tertiary/aromatic N) is 5. The number of hydrogen-bond acceptors (Lipinski definition) is 8. The second-order valence-corrected chi connectivity index (χ2v) is 6.91. The van der Waals surface area contributed by atoms with Gasteiger partial charge in [-0.25, -0.2) is 14.4 Å². The minimum Gasteiger partial charge on any atom is -0.393 e. The Morgan fingerprint density at radius 1 is 1.19 bits per heavy atom. The van der Waals surface area contributed by atoms with E-state index in [0.717, 1.165) is 22.2 Å². The Labute approximate surface area is 183 Å². The lowest BCUT2D eigenvalue weighted by Gasteiger charge is -2.10. The fourth-order valence-electron chi connectivity index (χ4n) is 3.14. The van der Waals surface area contributed by atoms with Gasteiger partial charge in [0.2, 0.25) is 0 Å². The molecule has 164 valence electrons. The largest absolute Gasteiger partial charge is 0.393 e. The zero-order valence-corrected chi connectivity index (χ0v) is 17.4. The highest BCUT2D eigenvalue weighted by Crippen LogP contribution is 2.24. The van der Waals surface area contributed by atoms with Gasteiger partial charge in [0.1, 0.15) is 30.4 Å². The second kappa shape index (κ2) is 9.84. The summed E-state index contributed by atoms with van der Waals surface area (Å²) in [5.74, 6) is 0.492. The second-order valence-electron chi connectivity index (χ2n) is 6.91. The van der Waals surface area contributed by atoms with Crippen LogP contribution in [0, 0.1) is 5.82 Å². The van der Waals surface area contributed by atoms with Crippen LogP contribution in [0.25, 0.3) is 10.9 Å². The number of benzene rings is 2. The van der Waals surface area contributed by atoms with Gasteiger partial charge in [0.15, 0.2) is 0 Å². The first-order chi connectivity index (χ1) is 15.6. The summed E-state index contributed by atoms with van der Waals surface area (Å²) in [6, 6.07) is 12.3. The van der Waals surface area contributed by atoms with Gasteiger partial charge < -0.3 is 20.6 Å². The molecule has 0 amide bonds. The number of rotatable bonds is 9. The van der Waals surface area contributed by atoms with Gasteiger partial charge in [-0.05, 0) is 35.9 Å². The van der Waals surface area contributed by atoms with Crippen molar-refractivity contribution in [3.05, 3.63) is 71.9 Å². The molecule has 3 N–H and O–H groups in total. The van der Waals surface area contributed by atoms with Crippen LogP contribution in [0.5, 0.6) is 0 Å². The lowest BCUT2D eigenvalue weighted by atomic mass is 10.2. The monoisotopic (exact) mass is 435 g/mol. The fourth-order valence-corrected chi connectivity index (χ4v) is 3.14. The Kier molecular flexibility index (Phi) is 6.52. The molecule has 0 spiro atoms. The molecule has 0 aliphatic carbocycles. The number of halogens is 1. The summed E-state index contributed by atoms with van der Waals surface area (Å²) in [5.41, 5.74) is 9.05. The highest BCUT2D eigenvalue weighted by molar-refractivity contribution is 5.93. The van der Waals surface area contributed by atoms with Crippen LogP contribution in [0.15, 0.2) is 60.1 Å². The Morgan fingerprint density at radius 2 is 2.09 bits per heavy atom. The molecule has 10 heteroatoms. The van der Waals surface area contributed by atoms with Gasteiger partial charge in [-0.3, -0.25) is 4.68 Å². The maximum Gasteiger partial charge on any atom is 0.144 e. The number of hydrogen-bond donors (Lipinski definition) is 2. The maximum absolute atomic E-state index is 13.5. The van der Waals surface area contributed by atoms with Crippen LogP contribution >= 0.6 is 0 Å². The van der Waals surface area contributed by atoms with E-state index in [0.29, 0.717) is 31.1 Å². The smallest absolute Gasteiger partial charge is 0.144 e. The topological polar surface area (TPSA) is 112 Å². The molecule has 0 fully saturated rings. The van der Waals surface area contributed by atoms with E-state index >= 15 is 0 Å². The van der Waals surface area contributed by atoms with Crippen molar-refractivity contribution in [1.29, 1.82) is 0 Å². The summed E-state index contributed by atoms with van der Waals surface area (Å²) in [4.78, 5) is 13.4. The van der Waals surface area contributed by atoms with E-state index in [2.05, 4.69) is 25.5 Å². The Balaban J connectivity index is 1.53. The van der Waals surface area contributed by atoms with Crippen LogP contribution in [0.1, 0.15) is 11.1 Å². The van der Waals surface area contributed by atoms with E-state index in [1.807, 2.05) is 28.9 Å². The molecule has 0 aliphatic heterocycles. The third-order valence-electron chi connectivity index (χ3n) is 4.68. The SMILES string of the molecule is COCCON=Cc1c(N)ncnc1Nc1ccc2c(cnn2Cc2cccc(F)c2)c1. The van der Waals surface area contributed by atoms with Crippen molar-refractivity contribution in [2.24, 2.45) is 5.16 Å². The minimum atomic E-state index is -0.266. The Morgan fingerprint density at radius 3 is 2.94 bits per heavy atom. The van der Waals surface area contributed by atoms with Crippen LogP contribution in [-0.4, -0.2) is 46.3 Å². The molecule has 0 atom stereocenters. The van der Waals surface area contributed by atoms with Gasteiger partial charge in [0.25, 0.3) is 0 Å². The average molecular weight is 435 g/mol. The molecule has 0 saturated heterocycles. The quantitative estimate of drug-likeness (QED) is 0.236. The van der Waals surface area contributed by atoms with E-state index in [4.69, 9.17) is 15.3 Å². The van der Waals surface area contributed by atoms with Crippen LogP contribution in [0.2, 0.25) is 0 Å². The van der Waals surface area contributed by atoms with Gasteiger partial charge >= 0.3 is 0 Å². The molecule has 9 nitrogen and oxygen atoms in total. The number of anilines is 3. The van der Waals surface area contributed by atoms with Crippen LogP contribution in [0.3, 0.4) is 0 Å². The number of oxime groups is 1. The summed E-state index contributed by atoms with van der Waals surface area (Å²) in [6.45, 7) is 1.22. The summed E-state index contributed by atoms with van der Waals surface area (Å²) in [6.07, 6.45) is 4.60. The predicted octanol–water partition coefficient (Wildman–Crippen LogP) is 3.34. The van der Waals surface area contributed by atoms with Gasteiger partial charge in [-0.15, -0.1) is 0 Å². The van der Waals surface area contributed by atoms with Crippen molar-refractivity contribution in [2.75, 3.05) is 31.4 Å². The molecular weight excluding hydrogens is 413 g/mol. The number of nitrogens with two attached hydrogens (primary N) is 1. The first-order valence-corrected chi connectivity index (χ1v) is 9.86. The zero-order chi connectivity index (χ0) is 22.3.